The summed E-state index contributed by atoms with van der Waals surface area (Å²) in [5.74, 6) is -0.583. The highest BCUT2D eigenvalue weighted by Crippen LogP contribution is 2.25. The number of piperidine rings is 1. The van der Waals surface area contributed by atoms with Gasteiger partial charge in [-0.3, -0.25) is 9.59 Å². The number of carbonyl (C=O) groups is 2. The maximum atomic E-state index is 12.9. The minimum atomic E-state index is -3.57. The fourth-order valence-electron chi connectivity index (χ4n) is 3.69. The number of hydrogen-bond donors (Lipinski definition) is 3. The lowest BCUT2D eigenvalue weighted by Gasteiger charge is -2.32. The van der Waals surface area contributed by atoms with Gasteiger partial charge < -0.3 is 15.7 Å². The van der Waals surface area contributed by atoms with Crippen LogP contribution in [0.4, 0.5) is 0 Å². The number of sulfonamides is 1. The lowest BCUT2D eigenvalue weighted by Crippen LogP contribution is -2.41. The third kappa shape index (κ3) is 5.86. The highest BCUT2D eigenvalue weighted by atomic mass is 32.2. The Morgan fingerprint density at radius 2 is 1.66 bits per heavy atom. The first-order valence-electron chi connectivity index (χ1n) is 10.8. The zero-order valence-electron chi connectivity index (χ0n) is 18.1. The van der Waals surface area contributed by atoms with E-state index in [4.69, 9.17) is 0 Å². The van der Waals surface area contributed by atoms with Crippen molar-refractivity contribution < 1.29 is 23.1 Å². The lowest BCUT2D eigenvalue weighted by molar-refractivity contribution is 0.0951. The molecule has 1 heterocycles. The van der Waals surface area contributed by atoms with Gasteiger partial charge in [0, 0.05) is 36.8 Å². The van der Waals surface area contributed by atoms with Crippen LogP contribution in [0.3, 0.4) is 0 Å². The summed E-state index contributed by atoms with van der Waals surface area (Å²) in [6.07, 6.45) is 3.27. The second-order valence-corrected chi connectivity index (χ2v) is 9.79. The quantitative estimate of drug-likeness (QED) is 0.525. The molecular weight excluding hydrogens is 430 g/mol. The van der Waals surface area contributed by atoms with Crippen LogP contribution in [0.1, 0.15) is 53.3 Å². The Morgan fingerprint density at radius 1 is 1.00 bits per heavy atom. The van der Waals surface area contributed by atoms with Crippen LogP contribution in [0.15, 0.2) is 53.4 Å². The Hall–Kier alpha value is -2.91. The van der Waals surface area contributed by atoms with E-state index in [1.54, 1.807) is 12.1 Å². The van der Waals surface area contributed by atoms with E-state index in [2.05, 4.69) is 10.6 Å². The van der Waals surface area contributed by atoms with Crippen molar-refractivity contribution >= 4 is 21.8 Å². The van der Waals surface area contributed by atoms with Gasteiger partial charge in [0.2, 0.25) is 10.0 Å². The van der Waals surface area contributed by atoms with Crippen molar-refractivity contribution in [1.29, 1.82) is 0 Å². The molecule has 2 aromatic carbocycles. The molecule has 3 N–H and O–H groups in total. The summed E-state index contributed by atoms with van der Waals surface area (Å²) in [5.41, 5.74) is 0.738. The minimum Gasteiger partial charge on any atom is -0.508 e. The first-order chi connectivity index (χ1) is 15.3. The maximum Gasteiger partial charge on any atom is 0.251 e. The number of nitrogens with zero attached hydrogens (tertiary/aromatic N) is 1. The van der Waals surface area contributed by atoms with Crippen LogP contribution in [-0.4, -0.2) is 55.3 Å². The number of benzene rings is 2. The first kappa shape index (κ1) is 23.7. The Labute approximate surface area is 188 Å². The molecule has 1 fully saturated rings. The topological polar surface area (TPSA) is 116 Å². The van der Waals surface area contributed by atoms with E-state index in [9.17, 15) is 23.1 Å². The summed E-state index contributed by atoms with van der Waals surface area (Å²) in [5, 5.41) is 14.9. The van der Waals surface area contributed by atoms with Gasteiger partial charge in [0.05, 0.1) is 4.90 Å². The molecule has 9 heteroatoms. The average Bonchev–Trinajstić information content (AvgIpc) is 2.79. The first-order valence-corrected chi connectivity index (χ1v) is 12.2. The molecule has 2 amide bonds. The van der Waals surface area contributed by atoms with Crippen molar-refractivity contribution in [3.05, 3.63) is 59.7 Å². The lowest BCUT2D eigenvalue weighted by atomic mass is 10.1. The summed E-state index contributed by atoms with van der Waals surface area (Å²) < 4.78 is 27.3. The van der Waals surface area contributed by atoms with E-state index < -0.39 is 10.0 Å². The number of phenolic OH excluding ortho intramolecular Hbond substituents is 1. The highest BCUT2D eigenvalue weighted by Gasteiger charge is 2.30. The van der Waals surface area contributed by atoms with Gasteiger partial charge in [0.25, 0.3) is 11.8 Å². The molecular formula is C23H29N3O5S. The van der Waals surface area contributed by atoms with E-state index in [1.165, 1.54) is 40.7 Å². The minimum absolute atomic E-state index is 0.0224. The molecule has 8 nitrogen and oxygen atoms in total. The third-order valence-corrected chi connectivity index (χ3v) is 7.53. The van der Waals surface area contributed by atoms with Gasteiger partial charge >= 0.3 is 0 Å². The molecule has 1 aliphatic heterocycles. The van der Waals surface area contributed by atoms with Gasteiger partial charge in [-0.05, 0) is 68.7 Å². The van der Waals surface area contributed by atoms with E-state index in [1.807, 2.05) is 6.92 Å². The zero-order chi connectivity index (χ0) is 23.1. The predicted octanol–water partition coefficient (Wildman–Crippen LogP) is 2.51. The number of hydrogen-bond acceptors (Lipinski definition) is 5. The van der Waals surface area contributed by atoms with E-state index in [-0.39, 0.29) is 28.5 Å². The van der Waals surface area contributed by atoms with Gasteiger partial charge in [-0.1, -0.05) is 12.5 Å². The second-order valence-electron chi connectivity index (χ2n) is 7.90. The second kappa shape index (κ2) is 10.6. The molecule has 1 saturated heterocycles. The zero-order valence-corrected chi connectivity index (χ0v) is 18.9. The number of phenols is 1. The van der Waals surface area contributed by atoms with E-state index >= 15 is 0 Å². The van der Waals surface area contributed by atoms with Crippen molar-refractivity contribution in [3.8, 4) is 5.75 Å². The molecule has 0 aromatic heterocycles. The summed E-state index contributed by atoms with van der Waals surface area (Å²) in [6, 6.07) is 12.0. The molecule has 0 spiro atoms. The number of rotatable bonds is 8. The molecule has 1 atom stereocenters. The van der Waals surface area contributed by atoms with Crippen molar-refractivity contribution in [2.24, 2.45) is 0 Å². The van der Waals surface area contributed by atoms with Gasteiger partial charge in [-0.15, -0.1) is 0 Å². The highest BCUT2D eigenvalue weighted by molar-refractivity contribution is 7.89. The number of aromatic hydroxyl groups is 1. The fraction of sp³-hybridized carbons (Fsp3) is 0.391. The van der Waals surface area contributed by atoms with Crippen LogP contribution in [0.2, 0.25) is 0 Å². The Kier molecular flexibility index (Phi) is 7.87. The van der Waals surface area contributed by atoms with Gasteiger partial charge in [0.1, 0.15) is 5.75 Å². The Bertz CT molecular complexity index is 1050. The van der Waals surface area contributed by atoms with E-state index in [0.717, 1.165) is 19.3 Å². The average molecular weight is 460 g/mol. The molecule has 0 radical (unpaired) electrons. The van der Waals surface area contributed by atoms with Crippen LogP contribution >= 0.6 is 0 Å². The molecule has 0 bridgehead atoms. The SMILES string of the molecule is CC1CCCCN1S(=O)(=O)c1ccc(C(=O)NCCCNC(=O)c2cccc(O)c2)cc1. The van der Waals surface area contributed by atoms with Crippen LogP contribution < -0.4 is 10.6 Å². The van der Waals surface area contributed by atoms with Crippen LogP contribution in [-0.2, 0) is 10.0 Å². The molecule has 32 heavy (non-hydrogen) atoms. The molecule has 0 aliphatic carbocycles. The summed E-state index contributed by atoms with van der Waals surface area (Å²) in [6.45, 7) is 3.16. The monoisotopic (exact) mass is 459 g/mol. The van der Waals surface area contributed by atoms with Gasteiger partial charge in [-0.25, -0.2) is 8.42 Å². The van der Waals surface area contributed by atoms with Crippen molar-refractivity contribution in [3.63, 3.8) is 0 Å². The fourth-order valence-corrected chi connectivity index (χ4v) is 5.39. The van der Waals surface area contributed by atoms with Crippen molar-refractivity contribution in [1.82, 2.24) is 14.9 Å². The van der Waals surface area contributed by atoms with Crippen LogP contribution in [0.25, 0.3) is 0 Å². The Balaban J connectivity index is 1.46. The number of carbonyl (C=O) groups excluding carboxylic acids is 2. The summed E-state index contributed by atoms with van der Waals surface area (Å²) in [4.78, 5) is 24.5. The number of nitrogens with one attached hydrogen (secondary N) is 2. The Morgan fingerprint density at radius 3 is 2.28 bits per heavy atom. The smallest absolute Gasteiger partial charge is 0.251 e. The summed E-state index contributed by atoms with van der Waals surface area (Å²) in [7, 11) is -3.57. The molecule has 3 rings (SSSR count). The number of amides is 2. The molecule has 0 saturated carbocycles. The van der Waals surface area contributed by atoms with Crippen molar-refractivity contribution in [2.45, 2.75) is 43.5 Å². The molecule has 172 valence electrons. The normalized spacial score (nSPS) is 17.0. The van der Waals surface area contributed by atoms with Crippen LogP contribution in [0, 0.1) is 0 Å². The van der Waals surface area contributed by atoms with Gasteiger partial charge in [0.15, 0.2) is 0 Å². The van der Waals surface area contributed by atoms with Gasteiger partial charge in [-0.2, -0.15) is 4.31 Å². The largest absolute Gasteiger partial charge is 0.508 e. The van der Waals surface area contributed by atoms with Crippen molar-refractivity contribution in [2.75, 3.05) is 19.6 Å². The standard InChI is InChI=1S/C23H29N3O5S/c1-17-6-2-3-15-26(17)32(30,31)21-11-9-18(10-12-21)22(28)24-13-5-14-25-23(29)19-7-4-8-20(27)16-19/h4,7-12,16-17,27H,2-3,5-6,13-15H2,1H3,(H,24,28)(H,25,29). The summed E-state index contributed by atoms with van der Waals surface area (Å²) >= 11 is 0. The predicted molar refractivity (Wildman–Crippen MR) is 121 cm³/mol. The van der Waals surface area contributed by atoms with Crippen LogP contribution in [0.5, 0.6) is 5.75 Å². The molecule has 2 aromatic rings. The maximum absolute atomic E-state index is 12.9. The molecule has 1 aliphatic rings. The third-order valence-electron chi connectivity index (χ3n) is 5.50. The van der Waals surface area contributed by atoms with E-state index in [0.29, 0.717) is 37.2 Å². The molecule has 1 unspecified atom stereocenters.